The van der Waals surface area contributed by atoms with Crippen molar-refractivity contribution in [3.05, 3.63) is 44.8 Å². The van der Waals surface area contributed by atoms with Crippen LogP contribution in [0.4, 0.5) is 0 Å². The molecule has 0 unspecified atom stereocenters. The van der Waals surface area contributed by atoms with Gasteiger partial charge in [0.1, 0.15) is 28.2 Å². The first-order chi connectivity index (χ1) is 12.6. The van der Waals surface area contributed by atoms with E-state index in [2.05, 4.69) is 0 Å². The standard InChI is InChI=1S/C18H15NO8/c1-7-3-10(20)14-11(27-7)4-8-13(18(14)26)15(23)9(17(25)16(8)24)5-19(2)6-12(21)22/h3-4,23,26H,5-6H2,1-2H3,(H,21,22). The molecule has 0 saturated heterocycles. The van der Waals surface area contributed by atoms with Gasteiger partial charge in [-0.2, -0.15) is 0 Å². The van der Waals surface area contributed by atoms with E-state index in [4.69, 9.17) is 9.52 Å². The van der Waals surface area contributed by atoms with Crippen LogP contribution in [0.15, 0.2) is 26.9 Å². The van der Waals surface area contributed by atoms with E-state index in [0.29, 0.717) is 0 Å². The molecule has 0 aliphatic heterocycles. The van der Waals surface area contributed by atoms with Gasteiger partial charge in [-0.3, -0.25) is 24.1 Å². The molecule has 1 aromatic carbocycles. The molecule has 0 atom stereocenters. The minimum atomic E-state index is -1.16. The number of ketones is 2. The maximum atomic E-state index is 12.5. The van der Waals surface area contributed by atoms with Gasteiger partial charge in [-0.1, -0.05) is 0 Å². The van der Waals surface area contributed by atoms with Crippen LogP contribution < -0.4 is 5.43 Å². The average molecular weight is 373 g/mol. The number of carboxylic acids is 1. The van der Waals surface area contributed by atoms with E-state index in [-0.39, 0.29) is 40.0 Å². The lowest BCUT2D eigenvalue weighted by Crippen LogP contribution is -2.34. The molecule has 1 aromatic heterocycles. The van der Waals surface area contributed by atoms with Crippen LogP contribution in [0.25, 0.3) is 16.7 Å². The number of carbonyl (C=O) groups excluding carboxylic acids is 2. The Bertz CT molecular complexity index is 1110. The first-order valence-corrected chi connectivity index (χ1v) is 7.84. The van der Waals surface area contributed by atoms with Gasteiger partial charge in [0.25, 0.3) is 0 Å². The lowest BCUT2D eigenvalue weighted by molar-refractivity contribution is -0.138. The second kappa shape index (κ2) is 6.36. The van der Waals surface area contributed by atoms with Gasteiger partial charge >= 0.3 is 5.97 Å². The van der Waals surface area contributed by atoms with E-state index in [9.17, 15) is 29.4 Å². The molecule has 140 valence electrons. The first kappa shape index (κ1) is 18.3. The van der Waals surface area contributed by atoms with Crippen molar-refractivity contribution in [2.45, 2.75) is 6.92 Å². The van der Waals surface area contributed by atoms with Gasteiger partial charge in [0.05, 0.1) is 17.7 Å². The normalized spacial score (nSPS) is 14.2. The third-order valence-electron chi connectivity index (χ3n) is 4.20. The number of aryl methyl sites for hydroxylation is 1. The SMILES string of the molecule is Cc1cc(=O)c2c(O)c3c(cc2o1)C(=O)C(=O)C(CN(C)CC(=O)O)=C3O. The summed E-state index contributed by atoms with van der Waals surface area (Å²) in [6, 6.07) is 2.28. The molecule has 0 spiro atoms. The number of hydrogen-bond donors (Lipinski definition) is 3. The molecular weight excluding hydrogens is 358 g/mol. The molecule has 0 fully saturated rings. The predicted octanol–water partition coefficient (Wildman–Crippen LogP) is 0.858. The molecule has 3 N–H and O–H groups in total. The Morgan fingerprint density at radius 1 is 1.15 bits per heavy atom. The number of hydrogen-bond acceptors (Lipinski definition) is 8. The summed E-state index contributed by atoms with van der Waals surface area (Å²) in [7, 11) is 1.39. The van der Waals surface area contributed by atoms with Crippen molar-refractivity contribution in [1.82, 2.24) is 4.90 Å². The monoisotopic (exact) mass is 373 g/mol. The second-order valence-electron chi connectivity index (χ2n) is 6.29. The van der Waals surface area contributed by atoms with Gasteiger partial charge in [0.2, 0.25) is 11.6 Å². The number of phenols is 1. The summed E-state index contributed by atoms with van der Waals surface area (Å²) in [5.41, 5.74) is -1.65. The number of Topliss-reactive ketones (excluding diaryl/α,β-unsaturated/α-hetero) is 2. The summed E-state index contributed by atoms with van der Waals surface area (Å²) in [6.45, 7) is 0.748. The Balaban J connectivity index is 2.26. The number of rotatable bonds is 4. The quantitative estimate of drug-likeness (QED) is 0.664. The van der Waals surface area contributed by atoms with Crippen molar-refractivity contribution >= 4 is 34.3 Å². The van der Waals surface area contributed by atoms with Crippen LogP contribution in [0.3, 0.4) is 0 Å². The number of aliphatic hydroxyl groups is 1. The summed E-state index contributed by atoms with van der Waals surface area (Å²) < 4.78 is 5.35. The first-order valence-electron chi connectivity index (χ1n) is 7.84. The van der Waals surface area contributed by atoms with Crippen molar-refractivity contribution < 1.29 is 34.1 Å². The van der Waals surface area contributed by atoms with Gasteiger partial charge < -0.3 is 19.7 Å². The molecule has 1 aliphatic rings. The maximum Gasteiger partial charge on any atom is 0.317 e. The van der Waals surface area contributed by atoms with Crippen LogP contribution in [0.5, 0.6) is 5.75 Å². The second-order valence-corrected chi connectivity index (χ2v) is 6.29. The van der Waals surface area contributed by atoms with Gasteiger partial charge in [-0.25, -0.2) is 0 Å². The highest BCUT2D eigenvalue weighted by molar-refractivity contribution is 6.52. The van der Waals surface area contributed by atoms with Crippen LogP contribution in [0.2, 0.25) is 0 Å². The molecule has 9 nitrogen and oxygen atoms in total. The lowest BCUT2D eigenvalue weighted by Gasteiger charge is -2.22. The number of nitrogens with zero attached hydrogens (tertiary/aromatic N) is 1. The van der Waals surface area contributed by atoms with Crippen LogP contribution in [-0.4, -0.2) is 57.9 Å². The number of likely N-dealkylation sites (N-methyl/N-ethyl adjacent to an activating group) is 1. The minimum Gasteiger partial charge on any atom is -0.507 e. The smallest absolute Gasteiger partial charge is 0.317 e. The fourth-order valence-corrected chi connectivity index (χ4v) is 3.06. The number of fused-ring (bicyclic) bond motifs is 2. The molecule has 3 rings (SSSR count). The van der Waals surface area contributed by atoms with Crippen molar-refractivity contribution in [1.29, 1.82) is 0 Å². The highest BCUT2D eigenvalue weighted by atomic mass is 16.4. The third kappa shape index (κ3) is 2.97. The fourth-order valence-electron chi connectivity index (χ4n) is 3.06. The maximum absolute atomic E-state index is 12.5. The highest BCUT2D eigenvalue weighted by Crippen LogP contribution is 2.38. The Labute approximate surface area is 151 Å². The van der Waals surface area contributed by atoms with E-state index in [1.165, 1.54) is 18.9 Å². The van der Waals surface area contributed by atoms with Crippen LogP contribution >= 0.6 is 0 Å². The third-order valence-corrected chi connectivity index (χ3v) is 4.20. The molecule has 0 bridgehead atoms. The van der Waals surface area contributed by atoms with Gasteiger partial charge in [-0.05, 0) is 20.0 Å². The number of aromatic hydroxyl groups is 1. The zero-order chi connectivity index (χ0) is 20.0. The fraction of sp³-hybridized carbons (Fsp3) is 0.222. The molecule has 0 radical (unpaired) electrons. The van der Waals surface area contributed by atoms with Crippen LogP contribution in [-0.2, 0) is 9.59 Å². The van der Waals surface area contributed by atoms with Gasteiger partial charge in [0.15, 0.2) is 5.43 Å². The summed E-state index contributed by atoms with van der Waals surface area (Å²) in [6.07, 6.45) is 0. The molecular formula is C18H15NO8. The van der Waals surface area contributed by atoms with Crippen molar-refractivity contribution in [3.8, 4) is 5.75 Å². The molecule has 2 aromatic rings. The Hall–Kier alpha value is -3.46. The molecule has 9 heteroatoms. The number of benzene rings is 1. The molecule has 1 aliphatic carbocycles. The van der Waals surface area contributed by atoms with Crippen LogP contribution in [0.1, 0.15) is 21.7 Å². The molecule has 27 heavy (non-hydrogen) atoms. The zero-order valence-electron chi connectivity index (χ0n) is 14.4. The predicted molar refractivity (Wildman–Crippen MR) is 92.9 cm³/mol. The van der Waals surface area contributed by atoms with Gasteiger partial charge in [-0.15, -0.1) is 0 Å². The van der Waals surface area contributed by atoms with Gasteiger partial charge in [0, 0.05) is 18.2 Å². The van der Waals surface area contributed by atoms with Crippen molar-refractivity contribution in [3.63, 3.8) is 0 Å². The van der Waals surface area contributed by atoms with Crippen LogP contribution in [0, 0.1) is 6.92 Å². The van der Waals surface area contributed by atoms with E-state index in [1.54, 1.807) is 0 Å². The number of phenolic OH excluding ortho intramolecular Hbond substituents is 1. The average Bonchev–Trinajstić information content (AvgIpc) is 2.55. The lowest BCUT2D eigenvalue weighted by atomic mass is 9.86. The summed E-state index contributed by atoms with van der Waals surface area (Å²) in [5, 5.41) is 29.6. The topological polar surface area (TPSA) is 145 Å². The number of aliphatic carboxylic acids is 1. The number of aliphatic hydroxyl groups excluding tert-OH is 1. The van der Waals surface area contributed by atoms with E-state index in [1.807, 2.05) is 0 Å². The van der Waals surface area contributed by atoms with E-state index >= 15 is 0 Å². The van der Waals surface area contributed by atoms with Crippen molar-refractivity contribution in [2.24, 2.45) is 0 Å². The van der Waals surface area contributed by atoms with Crippen molar-refractivity contribution in [2.75, 3.05) is 20.1 Å². The minimum absolute atomic E-state index is 0.0864. The summed E-state index contributed by atoms with van der Waals surface area (Å²) in [5.74, 6) is -4.28. The molecule has 0 amide bonds. The number of carboxylic acid groups (broad SMARTS) is 1. The Morgan fingerprint density at radius 2 is 1.81 bits per heavy atom. The summed E-state index contributed by atoms with van der Waals surface area (Å²) in [4.78, 5) is 49.1. The van der Waals surface area contributed by atoms with E-state index in [0.717, 1.165) is 12.1 Å². The summed E-state index contributed by atoms with van der Waals surface area (Å²) >= 11 is 0. The zero-order valence-corrected chi connectivity index (χ0v) is 14.4. The number of carbonyl (C=O) groups is 3. The molecule has 1 heterocycles. The van der Waals surface area contributed by atoms with E-state index < -0.39 is 41.0 Å². The highest BCUT2D eigenvalue weighted by Gasteiger charge is 2.36. The molecule has 0 saturated carbocycles. The Morgan fingerprint density at radius 3 is 2.44 bits per heavy atom. The largest absolute Gasteiger partial charge is 0.507 e. The Kier molecular flexibility index (Phi) is 4.32.